The Morgan fingerprint density at radius 1 is 1.21 bits per heavy atom. The smallest absolute Gasteiger partial charge is 0.130 e. The molecule has 1 N–H and O–H groups in total. The number of hydrogen-bond donors (Lipinski definition) is 1. The molecule has 1 fully saturated rings. The van der Waals surface area contributed by atoms with Crippen molar-refractivity contribution in [3.63, 3.8) is 0 Å². The summed E-state index contributed by atoms with van der Waals surface area (Å²) in [6, 6.07) is 4.17. The Morgan fingerprint density at radius 2 is 1.84 bits per heavy atom. The van der Waals surface area contributed by atoms with Crippen LogP contribution in [0.2, 0.25) is 0 Å². The van der Waals surface area contributed by atoms with Crippen LogP contribution in [-0.2, 0) is 0 Å². The maximum Gasteiger partial charge on any atom is 0.130 e. The molecule has 1 nitrogen and oxygen atoms in total. The van der Waals surface area contributed by atoms with E-state index in [0.717, 1.165) is 12.8 Å². The first-order valence-corrected chi connectivity index (χ1v) is 7.33. The molecule has 106 valence electrons. The summed E-state index contributed by atoms with van der Waals surface area (Å²) < 4.78 is 27.5. The normalized spacial score (nSPS) is 25.3. The molecule has 19 heavy (non-hydrogen) atoms. The van der Waals surface area contributed by atoms with E-state index < -0.39 is 11.6 Å². The Morgan fingerprint density at radius 3 is 2.47 bits per heavy atom. The highest BCUT2D eigenvalue weighted by atomic mass is 19.1. The fourth-order valence-electron chi connectivity index (χ4n) is 3.24. The van der Waals surface area contributed by atoms with Crippen molar-refractivity contribution in [2.24, 2.45) is 5.92 Å². The molecule has 2 rings (SSSR count). The molecule has 1 aliphatic carbocycles. The fraction of sp³-hybridized carbons (Fsp3) is 0.625. The Balaban J connectivity index is 2.09. The summed E-state index contributed by atoms with van der Waals surface area (Å²) in [5.41, 5.74) is 0.169. The van der Waals surface area contributed by atoms with Gasteiger partial charge in [-0.2, -0.15) is 0 Å². The summed E-state index contributed by atoms with van der Waals surface area (Å²) in [5.74, 6) is -0.279. The summed E-state index contributed by atoms with van der Waals surface area (Å²) in [7, 11) is 0. The topological polar surface area (TPSA) is 12.0 Å². The Hall–Kier alpha value is -0.960. The van der Waals surface area contributed by atoms with Gasteiger partial charge in [-0.05, 0) is 37.8 Å². The van der Waals surface area contributed by atoms with Gasteiger partial charge < -0.3 is 5.32 Å². The molecule has 0 bridgehead atoms. The summed E-state index contributed by atoms with van der Waals surface area (Å²) in [5, 5.41) is 3.44. The lowest BCUT2D eigenvalue weighted by atomic mass is 9.82. The molecule has 0 aromatic heterocycles. The van der Waals surface area contributed by atoms with Gasteiger partial charge in [0.1, 0.15) is 11.6 Å². The lowest BCUT2D eigenvalue weighted by Gasteiger charge is -2.34. The van der Waals surface area contributed by atoms with Crippen LogP contribution in [0.5, 0.6) is 0 Å². The highest BCUT2D eigenvalue weighted by molar-refractivity contribution is 5.23. The van der Waals surface area contributed by atoms with Crippen molar-refractivity contribution in [2.45, 2.75) is 58.0 Å². The second-order valence-corrected chi connectivity index (χ2v) is 5.58. The largest absolute Gasteiger partial charge is 0.307 e. The van der Waals surface area contributed by atoms with E-state index in [4.69, 9.17) is 0 Å². The van der Waals surface area contributed by atoms with E-state index >= 15 is 0 Å². The lowest BCUT2D eigenvalue weighted by Crippen LogP contribution is -2.40. The van der Waals surface area contributed by atoms with Gasteiger partial charge in [0.15, 0.2) is 0 Å². The minimum atomic E-state index is -0.455. The van der Waals surface area contributed by atoms with E-state index in [9.17, 15) is 8.78 Å². The van der Waals surface area contributed by atoms with Gasteiger partial charge >= 0.3 is 0 Å². The van der Waals surface area contributed by atoms with Crippen LogP contribution in [-0.4, -0.2) is 6.04 Å². The molecule has 1 aromatic carbocycles. The van der Waals surface area contributed by atoms with Crippen LogP contribution in [0.4, 0.5) is 8.78 Å². The molecule has 3 heteroatoms. The van der Waals surface area contributed by atoms with Gasteiger partial charge in [-0.15, -0.1) is 0 Å². The zero-order valence-electron chi connectivity index (χ0n) is 11.8. The van der Waals surface area contributed by atoms with E-state index in [-0.39, 0.29) is 11.6 Å². The quantitative estimate of drug-likeness (QED) is 0.841. The van der Waals surface area contributed by atoms with Crippen LogP contribution in [0.1, 0.15) is 57.6 Å². The number of hydrogen-bond acceptors (Lipinski definition) is 1. The predicted molar refractivity (Wildman–Crippen MR) is 73.9 cm³/mol. The first kappa shape index (κ1) is 14.4. The van der Waals surface area contributed by atoms with Crippen molar-refractivity contribution in [3.05, 3.63) is 35.4 Å². The third-order valence-electron chi connectivity index (χ3n) is 4.33. The highest BCUT2D eigenvalue weighted by Gasteiger charge is 2.26. The van der Waals surface area contributed by atoms with Crippen molar-refractivity contribution in [3.8, 4) is 0 Å². The standard InChI is InChI=1S/C16H23F2N/c1-3-12-7-4-5-10-15(12)19-11(2)16-13(17)8-6-9-14(16)18/h6,8-9,11-12,15,19H,3-5,7,10H2,1-2H3. The van der Waals surface area contributed by atoms with Crippen molar-refractivity contribution in [1.82, 2.24) is 5.32 Å². The number of rotatable bonds is 4. The molecule has 1 saturated carbocycles. The van der Waals surface area contributed by atoms with Crippen molar-refractivity contribution < 1.29 is 8.78 Å². The molecule has 0 saturated heterocycles. The van der Waals surface area contributed by atoms with Crippen LogP contribution >= 0.6 is 0 Å². The summed E-state index contributed by atoms with van der Waals surface area (Å²) in [4.78, 5) is 0. The highest BCUT2D eigenvalue weighted by Crippen LogP contribution is 2.29. The van der Waals surface area contributed by atoms with Gasteiger partial charge in [0.05, 0.1) is 0 Å². The van der Waals surface area contributed by atoms with Crippen molar-refractivity contribution >= 4 is 0 Å². The fourth-order valence-corrected chi connectivity index (χ4v) is 3.24. The monoisotopic (exact) mass is 267 g/mol. The van der Waals surface area contributed by atoms with E-state index in [1.807, 2.05) is 6.92 Å². The van der Waals surface area contributed by atoms with E-state index in [0.29, 0.717) is 12.0 Å². The molecule has 0 radical (unpaired) electrons. The van der Waals surface area contributed by atoms with Gasteiger partial charge in [-0.3, -0.25) is 0 Å². The molecular weight excluding hydrogens is 244 g/mol. The zero-order valence-corrected chi connectivity index (χ0v) is 11.8. The molecule has 1 aliphatic rings. The number of nitrogens with one attached hydrogen (secondary N) is 1. The molecule has 3 unspecified atom stereocenters. The van der Waals surface area contributed by atoms with Crippen LogP contribution in [0.15, 0.2) is 18.2 Å². The molecule has 0 aliphatic heterocycles. The van der Waals surface area contributed by atoms with Crippen LogP contribution in [0.25, 0.3) is 0 Å². The van der Waals surface area contributed by atoms with Gasteiger partial charge in [-0.25, -0.2) is 8.78 Å². The molecule has 3 atom stereocenters. The van der Waals surface area contributed by atoms with Gasteiger partial charge in [0.2, 0.25) is 0 Å². The van der Waals surface area contributed by atoms with Gasteiger partial charge in [0, 0.05) is 17.6 Å². The second kappa shape index (κ2) is 6.47. The SMILES string of the molecule is CCC1CCCCC1NC(C)c1c(F)cccc1F. The van der Waals surface area contributed by atoms with Crippen LogP contribution < -0.4 is 5.32 Å². The lowest BCUT2D eigenvalue weighted by molar-refractivity contribution is 0.238. The molecule has 0 heterocycles. The summed E-state index contributed by atoms with van der Waals surface area (Å²) >= 11 is 0. The zero-order chi connectivity index (χ0) is 13.8. The Labute approximate surface area is 114 Å². The third kappa shape index (κ3) is 3.33. The molecule has 0 spiro atoms. The van der Waals surface area contributed by atoms with Crippen LogP contribution in [0, 0.1) is 17.6 Å². The molecule has 0 amide bonds. The third-order valence-corrected chi connectivity index (χ3v) is 4.33. The first-order chi connectivity index (χ1) is 9.13. The maximum atomic E-state index is 13.8. The van der Waals surface area contributed by atoms with E-state index in [2.05, 4.69) is 12.2 Å². The Kier molecular flexibility index (Phi) is 4.92. The van der Waals surface area contributed by atoms with Crippen molar-refractivity contribution in [1.29, 1.82) is 0 Å². The Bertz CT molecular complexity index is 399. The van der Waals surface area contributed by atoms with E-state index in [1.165, 1.54) is 37.5 Å². The molecular formula is C16H23F2N. The summed E-state index contributed by atoms with van der Waals surface area (Å²) in [6.07, 6.45) is 5.95. The minimum Gasteiger partial charge on any atom is -0.307 e. The average molecular weight is 267 g/mol. The number of benzene rings is 1. The van der Waals surface area contributed by atoms with Crippen LogP contribution in [0.3, 0.4) is 0 Å². The maximum absolute atomic E-state index is 13.8. The first-order valence-electron chi connectivity index (χ1n) is 7.33. The number of halogens is 2. The second-order valence-electron chi connectivity index (χ2n) is 5.58. The average Bonchev–Trinajstić information content (AvgIpc) is 2.39. The minimum absolute atomic E-state index is 0.169. The van der Waals surface area contributed by atoms with Gasteiger partial charge in [-0.1, -0.05) is 32.3 Å². The molecule has 1 aromatic rings. The summed E-state index contributed by atoms with van der Waals surface area (Å²) in [6.45, 7) is 4.04. The van der Waals surface area contributed by atoms with Crippen molar-refractivity contribution in [2.75, 3.05) is 0 Å². The van der Waals surface area contributed by atoms with E-state index in [1.54, 1.807) is 0 Å². The van der Waals surface area contributed by atoms with Gasteiger partial charge in [0.25, 0.3) is 0 Å². The predicted octanol–water partition coefficient (Wildman–Crippen LogP) is 4.58.